The van der Waals surface area contributed by atoms with E-state index in [0.29, 0.717) is 6.61 Å². The molecule has 0 fully saturated rings. The fourth-order valence-corrected chi connectivity index (χ4v) is 2.72. The van der Waals surface area contributed by atoms with Crippen LogP contribution in [0.2, 0.25) is 0 Å². The molecule has 0 saturated heterocycles. The van der Waals surface area contributed by atoms with Crippen molar-refractivity contribution < 1.29 is 6.16 Å². The van der Waals surface area contributed by atoms with Gasteiger partial charge in [-0.25, -0.2) is 0 Å². The van der Waals surface area contributed by atoms with E-state index in [1.807, 2.05) is 27.7 Å². The van der Waals surface area contributed by atoms with Crippen molar-refractivity contribution in [2.45, 2.75) is 40.2 Å². The van der Waals surface area contributed by atoms with Gasteiger partial charge in [0.2, 0.25) is 0 Å². The second-order valence-electron chi connectivity index (χ2n) is 3.68. The number of benzene rings is 1. The van der Waals surface area contributed by atoms with Crippen LogP contribution in [0, 0.1) is 0 Å². The number of thiophene rings is 1. The van der Waals surface area contributed by atoms with Crippen LogP contribution in [0.15, 0.2) is 29.6 Å². The molecule has 3 heteroatoms. The van der Waals surface area contributed by atoms with E-state index in [1.165, 1.54) is 15.6 Å². The third kappa shape index (κ3) is 5.72. The molecule has 0 aliphatic carbocycles. The van der Waals surface area contributed by atoms with Crippen LogP contribution in [-0.4, -0.2) is 19.8 Å². The Bertz CT molecular complexity index is 445. The number of ether oxygens (including phenoxy) is 1. The zero-order valence-corrected chi connectivity index (χ0v) is 13.6. The smallest absolute Gasteiger partial charge is 0.0616 e. The molecule has 0 aliphatic rings. The average Bonchev–Trinajstić information content (AvgIpc) is 2.87. The fraction of sp³-hybridized carbons (Fsp3) is 0.500. The van der Waals surface area contributed by atoms with Gasteiger partial charge in [-0.15, -0.1) is 11.3 Å². The maximum Gasteiger partial charge on any atom is 0.0616 e. The second kappa shape index (κ2) is 11.0. The predicted octanol–water partition coefficient (Wildman–Crippen LogP) is 4.72. The van der Waals surface area contributed by atoms with Gasteiger partial charge in [-0.1, -0.05) is 45.9 Å². The number of rotatable bonds is 4. The van der Waals surface area contributed by atoms with E-state index in [9.17, 15) is 0 Å². The van der Waals surface area contributed by atoms with E-state index >= 15 is 0 Å². The molecule has 0 bridgehead atoms. The molecule has 110 valence electrons. The lowest BCUT2D eigenvalue weighted by molar-refractivity contribution is 0.180. The Morgan fingerprint density at radius 2 is 1.84 bits per heavy atom. The highest BCUT2D eigenvalue weighted by Gasteiger charge is 2.08. The van der Waals surface area contributed by atoms with E-state index in [1.54, 1.807) is 18.4 Å². The molecular weight excluding hydrogens is 254 g/mol. The molecule has 0 aliphatic heterocycles. The van der Waals surface area contributed by atoms with Crippen molar-refractivity contribution in [2.24, 2.45) is 5.73 Å². The number of hydrogen-bond donors (Lipinski definition) is 1. The summed E-state index contributed by atoms with van der Waals surface area (Å²) in [5.74, 6) is 0. The molecule has 19 heavy (non-hydrogen) atoms. The van der Waals surface area contributed by atoms with Gasteiger partial charge >= 0.3 is 0 Å². The van der Waals surface area contributed by atoms with Crippen LogP contribution in [0.4, 0.5) is 0 Å². The third-order valence-electron chi connectivity index (χ3n) is 2.42. The Hall–Kier alpha value is -0.900. The molecule has 2 nitrogen and oxygen atoms in total. The zero-order chi connectivity index (χ0) is 14.7. The lowest BCUT2D eigenvalue weighted by atomic mass is 10.1. The molecular formula is C16H29NOS. The van der Waals surface area contributed by atoms with Crippen molar-refractivity contribution in [1.82, 2.24) is 0 Å². The van der Waals surface area contributed by atoms with Crippen LogP contribution in [-0.2, 0) is 11.2 Å². The van der Waals surface area contributed by atoms with Crippen LogP contribution >= 0.6 is 11.3 Å². The standard InChI is InChI=1S/C12H15NOS.2C2H6.H2/c1-14-7-10(13)6-9-8-15-12-5-3-2-4-11(9)12;2*1-2;/h2-5,8,10H,6-7,13H2,1H3;2*1-2H3;1H/t10-;;;/m0.../s1. The van der Waals surface area contributed by atoms with Crippen molar-refractivity contribution in [3.63, 3.8) is 0 Å². The summed E-state index contributed by atoms with van der Waals surface area (Å²) in [7, 11) is 1.69. The molecule has 0 spiro atoms. The normalized spacial score (nSPS) is 11.1. The van der Waals surface area contributed by atoms with Gasteiger partial charge in [0.1, 0.15) is 0 Å². The summed E-state index contributed by atoms with van der Waals surface area (Å²) in [6.45, 7) is 8.62. The highest BCUT2D eigenvalue weighted by Crippen LogP contribution is 2.26. The Labute approximate surface area is 123 Å². The second-order valence-corrected chi connectivity index (χ2v) is 4.59. The number of methoxy groups -OCH3 is 1. The molecule has 0 amide bonds. The van der Waals surface area contributed by atoms with Crippen molar-refractivity contribution in [3.05, 3.63) is 35.2 Å². The Morgan fingerprint density at radius 1 is 1.21 bits per heavy atom. The third-order valence-corrected chi connectivity index (χ3v) is 3.44. The summed E-state index contributed by atoms with van der Waals surface area (Å²) >= 11 is 1.78. The van der Waals surface area contributed by atoms with Crippen LogP contribution < -0.4 is 5.73 Å². The fourth-order valence-electron chi connectivity index (χ4n) is 1.75. The first-order valence-corrected chi connectivity index (χ1v) is 7.89. The molecule has 1 atom stereocenters. The van der Waals surface area contributed by atoms with Crippen molar-refractivity contribution in [3.8, 4) is 0 Å². The van der Waals surface area contributed by atoms with Gasteiger partial charge in [-0.2, -0.15) is 0 Å². The maximum absolute atomic E-state index is 5.95. The van der Waals surface area contributed by atoms with Gasteiger partial charge in [0.05, 0.1) is 6.61 Å². The predicted molar refractivity (Wildman–Crippen MR) is 90.2 cm³/mol. The SMILES string of the molecule is CC.CC.COC[C@@H](N)Cc1csc2ccccc12.[HH]. The van der Waals surface area contributed by atoms with Gasteiger partial charge in [-0.3, -0.25) is 0 Å². The highest BCUT2D eigenvalue weighted by atomic mass is 32.1. The van der Waals surface area contributed by atoms with Crippen molar-refractivity contribution >= 4 is 21.4 Å². The molecule has 1 aromatic carbocycles. The minimum atomic E-state index is 0. The summed E-state index contributed by atoms with van der Waals surface area (Å²) in [4.78, 5) is 0. The molecule has 1 aromatic heterocycles. The minimum absolute atomic E-state index is 0. The monoisotopic (exact) mass is 283 g/mol. The van der Waals surface area contributed by atoms with Crippen molar-refractivity contribution in [2.75, 3.05) is 13.7 Å². The van der Waals surface area contributed by atoms with Gasteiger partial charge in [0, 0.05) is 19.3 Å². The lowest BCUT2D eigenvalue weighted by Crippen LogP contribution is -2.27. The first-order chi connectivity index (χ1) is 9.31. The summed E-state index contributed by atoms with van der Waals surface area (Å²) in [6, 6.07) is 8.53. The topological polar surface area (TPSA) is 35.2 Å². The Kier molecular flexibility index (Phi) is 10.5. The molecule has 2 N–H and O–H groups in total. The molecule has 1 heterocycles. The van der Waals surface area contributed by atoms with Crippen LogP contribution in [0.5, 0.6) is 0 Å². The molecule has 2 rings (SSSR count). The van der Waals surface area contributed by atoms with E-state index in [-0.39, 0.29) is 7.47 Å². The van der Waals surface area contributed by atoms with Gasteiger partial charge < -0.3 is 10.5 Å². The van der Waals surface area contributed by atoms with Crippen LogP contribution in [0.1, 0.15) is 34.7 Å². The first-order valence-electron chi connectivity index (χ1n) is 7.01. The van der Waals surface area contributed by atoms with Gasteiger partial charge in [-0.05, 0) is 28.8 Å². The largest absolute Gasteiger partial charge is 0.383 e. The average molecular weight is 283 g/mol. The lowest BCUT2D eigenvalue weighted by Gasteiger charge is -2.09. The van der Waals surface area contributed by atoms with E-state index in [2.05, 4.69) is 29.6 Å². The zero-order valence-electron chi connectivity index (χ0n) is 12.8. The maximum atomic E-state index is 5.95. The van der Waals surface area contributed by atoms with Crippen LogP contribution in [0.25, 0.3) is 10.1 Å². The van der Waals surface area contributed by atoms with Gasteiger partial charge in [0.25, 0.3) is 0 Å². The van der Waals surface area contributed by atoms with E-state index < -0.39 is 0 Å². The quantitative estimate of drug-likeness (QED) is 0.881. The number of hydrogen-bond acceptors (Lipinski definition) is 3. The summed E-state index contributed by atoms with van der Waals surface area (Å²) < 4.78 is 6.37. The van der Waals surface area contributed by atoms with Crippen molar-refractivity contribution in [1.29, 1.82) is 0 Å². The number of nitrogens with two attached hydrogens (primary N) is 1. The highest BCUT2D eigenvalue weighted by molar-refractivity contribution is 7.17. The molecule has 0 saturated carbocycles. The van der Waals surface area contributed by atoms with E-state index in [4.69, 9.17) is 10.5 Å². The molecule has 2 aromatic rings. The van der Waals surface area contributed by atoms with Crippen LogP contribution in [0.3, 0.4) is 0 Å². The molecule has 0 unspecified atom stereocenters. The summed E-state index contributed by atoms with van der Waals surface area (Å²) in [5.41, 5.74) is 7.28. The van der Waals surface area contributed by atoms with E-state index in [0.717, 1.165) is 6.42 Å². The molecule has 0 radical (unpaired) electrons. The summed E-state index contributed by atoms with van der Waals surface area (Å²) in [5, 5.41) is 3.52. The minimum Gasteiger partial charge on any atom is -0.383 e. The Balaban J connectivity index is 0. The Morgan fingerprint density at radius 3 is 2.47 bits per heavy atom. The number of fused-ring (bicyclic) bond motifs is 1. The summed E-state index contributed by atoms with van der Waals surface area (Å²) in [6.07, 6.45) is 0.887. The van der Waals surface area contributed by atoms with Gasteiger partial charge in [0.15, 0.2) is 0 Å². The first kappa shape index (κ1) is 18.1.